The Bertz CT molecular complexity index is 833. The third-order valence-corrected chi connectivity index (χ3v) is 10.3. The Morgan fingerprint density at radius 2 is 1.02 bits per heavy atom. The second-order valence-corrected chi connectivity index (χ2v) is 17.2. The van der Waals surface area contributed by atoms with Crippen LogP contribution in [0.4, 0.5) is 0 Å². The van der Waals surface area contributed by atoms with Crippen molar-refractivity contribution in [1.29, 1.82) is 0 Å². The lowest BCUT2D eigenvalue weighted by molar-refractivity contribution is -0.870. The summed E-state index contributed by atoms with van der Waals surface area (Å²) >= 11 is 0. The lowest BCUT2D eigenvalue weighted by Crippen LogP contribution is -2.37. The van der Waals surface area contributed by atoms with Crippen LogP contribution in [0.1, 0.15) is 194 Å². The number of hydrogen-bond acceptors (Lipinski definition) is 6. The molecule has 0 aliphatic carbocycles. The molecule has 0 spiro atoms. The molecule has 0 saturated heterocycles. The van der Waals surface area contributed by atoms with Gasteiger partial charge in [0, 0.05) is 13.0 Å². The molecular weight excluding hydrogens is 661 g/mol. The summed E-state index contributed by atoms with van der Waals surface area (Å²) < 4.78 is 34.9. The number of hydrogen-bond donors (Lipinski definition) is 1. The first-order valence-electron chi connectivity index (χ1n) is 21.4. The predicted molar refractivity (Wildman–Crippen MR) is 215 cm³/mol. The topological polar surface area (TPSA) is 91.3 Å². The van der Waals surface area contributed by atoms with E-state index in [-0.39, 0.29) is 25.8 Å². The number of rotatable bonds is 40. The summed E-state index contributed by atoms with van der Waals surface area (Å²) in [4.78, 5) is 22.8. The summed E-state index contributed by atoms with van der Waals surface area (Å²) in [5.41, 5.74) is 0. The van der Waals surface area contributed by atoms with Gasteiger partial charge in [0.25, 0.3) is 0 Å². The molecule has 0 aromatic heterocycles. The third-order valence-electron chi connectivity index (χ3n) is 9.33. The van der Waals surface area contributed by atoms with E-state index in [0.29, 0.717) is 24.1 Å². The third kappa shape index (κ3) is 40.3. The van der Waals surface area contributed by atoms with Crippen molar-refractivity contribution >= 4 is 13.8 Å². The molecule has 0 aliphatic heterocycles. The van der Waals surface area contributed by atoms with Crippen LogP contribution in [0.25, 0.3) is 0 Å². The molecule has 2 unspecified atom stereocenters. The van der Waals surface area contributed by atoms with Crippen LogP contribution in [-0.4, -0.2) is 75.6 Å². The summed E-state index contributed by atoms with van der Waals surface area (Å²) in [6.45, 7) is 5.62. The SMILES string of the molecule is CCCCC/C=C\CCCCCCCC(=O)OC(COCCCCCCCCCCCCCCCCCCC)COP(=O)(O)OCC[N+](C)(C)C. The van der Waals surface area contributed by atoms with E-state index in [2.05, 4.69) is 26.0 Å². The number of phosphoric ester groups is 1. The number of likely N-dealkylation sites (N-methyl/N-ethyl adjacent to an activating group) is 1. The maximum Gasteiger partial charge on any atom is 0.472 e. The molecule has 304 valence electrons. The van der Waals surface area contributed by atoms with Crippen molar-refractivity contribution in [3.8, 4) is 0 Å². The smallest absolute Gasteiger partial charge is 0.457 e. The van der Waals surface area contributed by atoms with E-state index in [1.807, 2.05) is 21.1 Å². The zero-order valence-electron chi connectivity index (χ0n) is 34.4. The molecule has 0 fully saturated rings. The fourth-order valence-electron chi connectivity index (χ4n) is 5.96. The highest BCUT2D eigenvalue weighted by Gasteiger charge is 2.26. The highest BCUT2D eigenvalue weighted by atomic mass is 31.2. The van der Waals surface area contributed by atoms with E-state index in [4.69, 9.17) is 18.5 Å². The summed E-state index contributed by atoms with van der Waals surface area (Å²) in [6.07, 6.45) is 38.1. The molecule has 8 nitrogen and oxygen atoms in total. The van der Waals surface area contributed by atoms with Gasteiger partial charge in [-0.3, -0.25) is 13.8 Å². The number of quaternary nitrogens is 1. The van der Waals surface area contributed by atoms with Crippen LogP contribution in [0.2, 0.25) is 0 Å². The van der Waals surface area contributed by atoms with E-state index in [0.717, 1.165) is 44.9 Å². The molecule has 0 amide bonds. The monoisotopic (exact) mass is 747 g/mol. The number of ether oxygens (including phenoxy) is 2. The molecule has 1 N–H and O–H groups in total. The second kappa shape index (κ2) is 36.2. The number of carbonyl (C=O) groups excluding carboxylic acids is 1. The van der Waals surface area contributed by atoms with Crippen LogP contribution in [-0.2, 0) is 27.9 Å². The van der Waals surface area contributed by atoms with E-state index in [1.165, 1.54) is 128 Å². The Hall–Kier alpha value is -0.760. The fourth-order valence-corrected chi connectivity index (χ4v) is 6.70. The van der Waals surface area contributed by atoms with Gasteiger partial charge in [0.2, 0.25) is 0 Å². The molecule has 51 heavy (non-hydrogen) atoms. The molecular formula is C42H85NO7P+. The molecule has 2 atom stereocenters. The molecule has 0 radical (unpaired) electrons. The number of nitrogens with zero attached hydrogens (tertiary/aromatic N) is 1. The lowest BCUT2D eigenvalue weighted by Gasteiger charge is -2.24. The van der Waals surface area contributed by atoms with Crippen molar-refractivity contribution in [1.82, 2.24) is 0 Å². The van der Waals surface area contributed by atoms with Gasteiger partial charge < -0.3 is 18.9 Å². The zero-order valence-corrected chi connectivity index (χ0v) is 35.3. The van der Waals surface area contributed by atoms with E-state index in [1.54, 1.807) is 0 Å². The average Bonchev–Trinajstić information content (AvgIpc) is 3.08. The first-order valence-corrected chi connectivity index (χ1v) is 22.9. The molecule has 0 heterocycles. The van der Waals surface area contributed by atoms with Crippen molar-refractivity contribution in [2.45, 2.75) is 200 Å². The maximum atomic E-state index is 12.6. The molecule has 0 aromatic carbocycles. The summed E-state index contributed by atoms with van der Waals surface area (Å²) in [7, 11) is 1.67. The Morgan fingerprint density at radius 3 is 1.53 bits per heavy atom. The maximum absolute atomic E-state index is 12.6. The van der Waals surface area contributed by atoms with Crippen LogP contribution in [0, 0.1) is 0 Å². The quantitative estimate of drug-likeness (QED) is 0.0219. The molecule has 9 heteroatoms. The van der Waals surface area contributed by atoms with E-state index < -0.39 is 13.9 Å². The van der Waals surface area contributed by atoms with Crippen molar-refractivity contribution in [3.63, 3.8) is 0 Å². The predicted octanol–water partition coefficient (Wildman–Crippen LogP) is 12.3. The molecule has 0 rings (SSSR count). The van der Waals surface area contributed by atoms with Gasteiger partial charge in [-0.2, -0.15) is 0 Å². The average molecular weight is 747 g/mol. The van der Waals surface area contributed by atoms with Gasteiger partial charge in [0.15, 0.2) is 0 Å². The molecule has 0 saturated carbocycles. The lowest BCUT2D eigenvalue weighted by atomic mass is 10.0. The normalized spacial score (nSPS) is 13.9. The summed E-state index contributed by atoms with van der Waals surface area (Å²) in [5.74, 6) is -0.321. The highest BCUT2D eigenvalue weighted by Crippen LogP contribution is 2.43. The van der Waals surface area contributed by atoms with Gasteiger partial charge in [-0.05, 0) is 38.5 Å². The van der Waals surface area contributed by atoms with Crippen molar-refractivity contribution in [2.75, 3.05) is 54.1 Å². The number of allylic oxidation sites excluding steroid dienone is 2. The van der Waals surface area contributed by atoms with Gasteiger partial charge in [0.05, 0.1) is 34.4 Å². The van der Waals surface area contributed by atoms with E-state index in [9.17, 15) is 14.3 Å². The minimum absolute atomic E-state index is 0.0901. The van der Waals surface area contributed by atoms with Crippen LogP contribution >= 0.6 is 7.82 Å². The van der Waals surface area contributed by atoms with Crippen LogP contribution in [0.5, 0.6) is 0 Å². The number of phosphoric acid groups is 1. The number of esters is 1. The van der Waals surface area contributed by atoms with Crippen molar-refractivity contribution in [2.24, 2.45) is 0 Å². The zero-order chi connectivity index (χ0) is 37.7. The van der Waals surface area contributed by atoms with Crippen molar-refractivity contribution < 1.29 is 37.3 Å². The second-order valence-electron chi connectivity index (χ2n) is 15.7. The highest BCUT2D eigenvalue weighted by molar-refractivity contribution is 7.47. The Morgan fingerprint density at radius 1 is 0.588 bits per heavy atom. The Labute approximate surface area is 316 Å². The Kier molecular flexibility index (Phi) is 35.7. The van der Waals surface area contributed by atoms with Crippen LogP contribution < -0.4 is 0 Å². The van der Waals surface area contributed by atoms with E-state index >= 15 is 0 Å². The van der Waals surface area contributed by atoms with Crippen molar-refractivity contribution in [3.05, 3.63) is 12.2 Å². The molecule has 0 aliphatic rings. The summed E-state index contributed by atoms with van der Waals surface area (Å²) in [6, 6.07) is 0. The van der Waals surface area contributed by atoms with Crippen LogP contribution in [0.3, 0.4) is 0 Å². The molecule has 0 aromatic rings. The number of unbranched alkanes of at least 4 members (excludes halogenated alkanes) is 24. The minimum Gasteiger partial charge on any atom is -0.457 e. The van der Waals surface area contributed by atoms with Gasteiger partial charge in [-0.1, -0.05) is 161 Å². The number of carbonyl (C=O) groups is 1. The first-order chi connectivity index (χ1) is 24.6. The van der Waals surface area contributed by atoms with Crippen LogP contribution in [0.15, 0.2) is 12.2 Å². The summed E-state index contributed by atoms with van der Waals surface area (Å²) in [5, 5.41) is 0. The largest absolute Gasteiger partial charge is 0.472 e. The fraction of sp³-hybridized carbons (Fsp3) is 0.929. The van der Waals surface area contributed by atoms with Gasteiger partial charge in [-0.15, -0.1) is 0 Å². The van der Waals surface area contributed by atoms with Gasteiger partial charge in [-0.25, -0.2) is 4.57 Å². The first kappa shape index (κ1) is 50.2. The molecule has 0 bridgehead atoms. The minimum atomic E-state index is -4.27. The van der Waals surface area contributed by atoms with Gasteiger partial charge in [0.1, 0.15) is 19.3 Å². The van der Waals surface area contributed by atoms with Gasteiger partial charge >= 0.3 is 13.8 Å². The standard InChI is InChI=1S/C42H84NO7P/c1-6-8-10-12-14-16-18-20-21-22-23-24-26-28-30-32-34-37-47-39-41(40-49-51(45,46)48-38-36-43(3,4)5)50-42(44)35-33-31-29-27-25-19-17-15-13-11-9-7-2/h15,17,41H,6-14,16,18-40H2,1-5H3/p+1/b17-15-. The Balaban J connectivity index is 4.20.